The van der Waals surface area contributed by atoms with Gasteiger partial charge in [0.2, 0.25) is 5.91 Å². The molecule has 8 heteroatoms. The highest BCUT2D eigenvalue weighted by atomic mass is 32.2. The number of hydrogen-bond donors (Lipinski definition) is 0. The van der Waals surface area contributed by atoms with Crippen LogP contribution in [0.25, 0.3) is 0 Å². The standard InChI is InChI=1S/C27H35N3O3S2/c1-28(2)27(32)12-10-24(31)20-13-17-29(18-14-20)15-6-16-30-22-7-4-5-8-25(22)34-26-11-9-21(35(3)33)19-23(26)30/h4-5,7-9,11,19-20H,6,10,12-18H2,1-3H3. The molecular formula is C27H35N3O3S2. The van der Waals surface area contributed by atoms with E-state index in [1.54, 1.807) is 37.0 Å². The lowest BCUT2D eigenvalue weighted by Crippen LogP contribution is -2.38. The Morgan fingerprint density at radius 3 is 2.46 bits per heavy atom. The maximum atomic E-state index is 12.5. The van der Waals surface area contributed by atoms with Gasteiger partial charge in [-0.15, -0.1) is 0 Å². The van der Waals surface area contributed by atoms with Crippen molar-refractivity contribution in [1.29, 1.82) is 0 Å². The van der Waals surface area contributed by atoms with Crippen LogP contribution in [0.4, 0.5) is 11.4 Å². The van der Waals surface area contributed by atoms with Crippen LogP contribution in [0.2, 0.25) is 0 Å². The van der Waals surface area contributed by atoms with Crippen molar-refractivity contribution in [3.05, 3.63) is 42.5 Å². The molecule has 2 aromatic carbocycles. The van der Waals surface area contributed by atoms with Crippen molar-refractivity contribution in [3.63, 3.8) is 0 Å². The zero-order valence-electron chi connectivity index (χ0n) is 20.9. The van der Waals surface area contributed by atoms with E-state index in [4.69, 9.17) is 0 Å². The van der Waals surface area contributed by atoms with Gasteiger partial charge in [0.1, 0.15) is 12.0 Å². The average molecular weight is 514 g/mol. The predicted molar refractivity (Wildman–Crippen MR) is 143 cm³/mol. The fraction of sp³-hybridized carbons (Fsp3) is 0.481. The van der Waals surface area contributed by atoms with Crippen molar-refractivity contribution < 1.29 is 14.1 Å². The average Bonchev–Trinajstić information content (AvgIpc) is 2.86. The van der Waals surface area contributed by atoms with Crippen LogP contribution in [0.3, 0.4) is 0 Å². The van der Waals surface area contributed by atoms with E-state index in [1.807, 2.05) is 6.07 Å². The Hall–Kier alpha value is -2.00. The predicted octanol–water partition coefficient (Wildman–Crippen LogP) is 4.57. The second-order valence-corrected chi connectivity index (χ2v) is 12.0. The molecular weight excluding hydrogens is 478 g/mol. The molecule has 2 aliphatic rings. The largest absolute Gasteiger partial charge is 0.612 e. The molecule has 6 nitrogen and oxygen atoms in total. The summed E-state index contributed by atoms with van der Waals surface area (Å²) < 4.78 is 12.1. The fourth-order valence-electron chi connectivity index (χ4n) is 4.82. The summed E-state index contributed by atoms with van der Waals surface area (Å²) in [5.74, 6) is 0.350. The Morgan fingerprint density at radius 2 is 1.74 bits per heavy atom. The van der Waals surface area contributed by atoms with Gasteiger partial charge in [0.25, 0.3) is 0 Å². The number of nitrogens with zero attached hydrogens (tertiary/aromatic N) is 3. The molecule has 1 amide bonds. The number of Topliss-reactive ketones (excluding diaryl/α,β-unsaturated/α-hetero) is 1. The second kappa shape index (κ2) is 11.8. The highest BCUT2D eigenvalue weighted by molar-refractivity contribution is 7.99. The summed E-state index contributed by atoms with van der Waals surface area (Å²) in [6.45, 7) is 3.73. The van der Waals surface area contributed by atoms with Crippen LogP contribution in [0.1, 0.15) is 32.1 Å². The van der Waals surface area contributed by atoms with Crippen LogP contribution >= 0.6 is 11.8 Å². The van der Waals surface area contributed by atoms with Gasteiger partial charge < -0.3 is 19.3 Å². The van der Waals surface area contributed by atoms with Crippen molar-refractivity contribution in [1.82, 2.24) is 9.80 Å². The number of carbonyl (C=O) groups excluding carboxylic acids is 2. The minimum absolute atomic E-state index is 0.0207. The third-order valence-corrected chi connectivity index (χ3v) is 8.96. The van der Waals surface area contributed by atoms with E-state index < -0.39 is 11.2 Å². The molecule has 1 fully saturated rings. The van der Waals surface area contributed by atoms with Crippen LogP contribution in [-0.4, -0.2) is 72.6 Å². The summed E-state index contributed by atoms with van der Waals surface area (Å²) in [5.41, 5.74) is 2.35. The van der Waals surface area contributed by atoms with Gasteiger partial charge in [-0.2, -0.15) is 0 Å². The van der Waals surface area contributed by atoms with Gasteiger partial charge in [0.05, 0.1) is 11.4 Å². The van der Waals surface area contributed by atoms with Crippen LogP contribution in [-0.2, 0) is 20.8 Å². The van der Waals surface area contributed by atoms with Crippen LogP contribution in [0, 0.1) is 5.92 Å². The van der Waals surface area contributed by atoms with E-state index >= 15 is 0 Å². The van der Waals surface area contributed by atoms with Gasteiger partial charge in [-0.05, 0) is 74.3 Å². The maximum absolute atomic E-state index is 12.5. The fourth-order valence-corrected chi connectivity index (χ4v) is 6.43. The Kier molecular flexibility index (Phi) is 8.81. The Balaban J connectivity index is 1.32. The lowest BCUT2D eigenvalue weighted by atomic mass is 9.90. The lowest BCUT2D eigenvalue weighted by molar-refractivity contribution is -0.132. The zero-order valence-corrected chi connectivity index (χ0v) is 22.5. The summed E-state index contributed by atoms with van der Waals surface area (Å²) in [6.07, 6.45) is 5.17. The van der Waals surface area contributed by atoms with E-state index in [2.05, 4.69) is 46.2 Å². The van der Waals surface area contributed by atoms with Gasteiger partial charge in [-0.25, -0.2) is 0 Å². The number of likely N-dealkylation sites (tertiary alicyclic amines) is 1. The Labute approximate surface area is 216 Å². The van der Waals surface area contributed by atoms with Gasteiger partial charge in [0, 0.05) is 55.3 Å². The van der Waals surface area contributed by atoms with Crippen LogP contribution in [0.5, 0.6) is 0 Å². The minimum Gasteiger partial charge on any atom is -0.612 e. The van der Waals surface area contributed by atoms with Crippen LogP contribution in [0.15, 0.2) is 57.2 Å². The highest BCUT2D eigenvalue weighted by Crippen LogP contribution is 2.48. The number of ketones is 1. The Bertz CT molecular complexity index is 1050. The molecule has 4 rings (SSSR count). The summed E-state index contributed by atoms with van der Waals surface area (Å²) in [5, 5.41) is 0. The number of hydrogen-bond acceptors (Lipinski definition) is 6. The van der Waals surface area contributed by atoms with E-state index in [9.17, 15) is 14.1 Å². The van der Waals surface area contributed by atoms with Crippen molar-refractivity contribution in [3.8, 4) is 0 Å². The van der Waals surface area contributed by atoms with Crippen molar-refractivity contribution in [2.45, 2.75) is 46.8 Å². The summed E-state index contributed by atoms with van der Waals surface area (Å²) in [6, 6.07) is 14.6. The molecule has 1 saturated heterocycles. The number of rotatable bonds is 9. The molecule has 2 heterocycles. The molecule has 0 aliphatic carbocycles. The number of benzene rings is 2. The SMILES string of the molecule is CN(C)C(=O)CCC(=O)C1CCN(CCCN2c3ccccc3Sc3ccc([S+](C)[O-])cc32)CC1. The summed E-state index contributed by atoms with van der Waals surface area (Å²) in [4.78, 5) is 34.0. The molecule has 1 unspecified atom stereocenters. The highest BCUT2D eigenvalue weighted by Gasteiger charge is 2.27. The Morgan fingerprint density at radius 1 is 1.03 bits per heavy atom. The summed E-state index contributed by atoms with van der Waals surface area (Å²) >= 11 is 0.755. The third kappa shape index (κ3) is 6.42. The number of piperidine rings is 1. The molecule has 2 aromatic rings. The number of anilines is 2. The van der Waals surface area contributed by atoms with Crippen molar-refractivity contribution in [2.24, 2.45) is 5.92 Å². The molecule has 1 atom stereocenters. The van der Waals surface area contributed by atoms with Gasteiger partial charge in [0.15, 0.2) is 4.90 Å². The van der Waals surface area contributed by atoms with E-state index in [1.165, 1.54) is 15.5 Å². The number of amides is 1. The molecule has 188 valence electrons. The monoisotopic (exact) mass is 513 g/mol. The molecule has 35 heavy (non-hydrogen) atoms. The normalized spacial score (nSPS) is 17.0. The maximum Gasteiger partial charge on any atom is 0.222 e. The first kappa shape index (κ1) is 26.1. The quantitative estimate of drug-likeness (QED) is 0.458. The zero-order chi connectivity index (χ0) is 24.9. The molecule has 0 aromatic heterocycles. The van der Waals surface area contributed by atoms with Gasteiger partial charge in [-0.1, -0.05) is 23.9 Å². The molecule has 0 bridgehead atoms. The van der Waals surface area contributed by atoms with Crippen molar-refractivity contribution >= 4 is 46.0 Å². The first-order chi connectivity index (χ1) is 16.8. The summed E-state index contributed by atoms with van der Waals surface area (Å²) in [7, 11) is 3.46. The lowest BCUT2D eigenvalue weighted by Gasteiger charge is -2.35. The van der Waals surface area contributed by atoms with Gasteiger partial charge >= 0.3 is 0 Å². The molecule has 0 saturated carbocycles. The number of carbonyl (C=O) groups is 2. The van der Waals surface area contributed by atoms with Crippen LogP contribution < -0.4 is 4.90 Å². The minimum atomic E-state index is -1.02. The van der Waals surface area contributed by atoms with Crippen molar-refractivity contribution in [2.75, 3.05) is 51.4 Å². The van der Waals surface area contributed by atoms with Gasteiger partial charge in [-0.3, -0.25) is 9.59 Å². The molecule has 0 spiro atoms. The van der Waals surface area contributed by atoms with E-state index in [0.717, 1.165) is 56.0 Å². The third-order valence-electron chi connectivity index (χ3n) is 6.91. The van der Waals surface area contributed by atoms with E-state index in [-0.39, 0.29) is 17.6 Å². The second-order valence-electron chi connectivity index (χ2n) is 9.53. The first-order valence-corrected chi connectivity index (χ1v) is 14.7. The smallest absolute Gasteiger partial charge is 0.222 e. The first-order valence-electron chi connectivity index (χ1n) is 12.3. The molecule has 0 radical (unpaired) electrons. The number of para-hydroxylation sites is 1. The topological polar surface area (TPSA) is 66.9 Å². The molecule has 0 N–H and O–H groups in total. The molecule has 2 aliphatic heterocycles. The van der Waals surface area contributed by atoms with E-state index in [0.29, 0.717) is 12.8 Å². The number of fused-ring (bicyclic) bond motifs is 2.